The Hall–Kier alpha value is -2.73. The smallest absolute Gasteiger partial charge is 0.260 e. The Bertz CT molecular complexity index is 822. The summed E-state index contributed by atoms with van der Waals surface area (Å²) in [5.41, 5.74) is 1.40. The number of hydrogen-bond donors (Lipinski definition) is 1. The second-order valence-electron chi connectivity index (χ2n) is 6.08. The van der Waals surface area contributed by atoms with Gasteiger partial charge in [0, 0.05) is 18.8 Å². The molecule has 0 atom stereocenters. The van der Waals surface area contributed by atoms with Gasteiger partial charge in [0.1, 0.15) is 11.5 Å². The molecule has 0 radical (unpaired) electrons. The van der Waals surface area contributed by atoms with Crippen LogP contribution < -0.4 is 14.8 Å². The molecule has 2 aromatic rings. The zero-order valence-corrected chi connectivity index (χ0v) is 17.1. The molecule has 0 aliphatic carbocycles. The van der Waals surface area contributed by atoms with Crippen molar-refractivity contribution in [3.05, 3.63) is 53.1 Å². The average molecular weight is 405 g/mol. The number of anilines is 1. The van der Waals surface area contributed by atoms with Crippen molar-refractivity contribution in [1.82, 2.24) is 4.90 Å². The fraction of sp³-hybridized carbons (Fsp3) is 0.333. The average Bonchev–Trinajstić information content (AvgIpc) is 2.68. The van der Waals surface area contributed by atoms with Crippen molar-refractivity contribution in [2.75, 3.05) is 32.1 Å². The number of benzene rings is 2. The van der Waals surface area contributed by atoms with Crippen molar-refractivity contribution in [3.63, 3.8) is 0 Å². The Morgan fingerprint density at radius 2 is 1.86 bits per heavy atom. The highest BCUT2D eigenvalue weighted by Crippen LogP contribution is 2.28. The molecule has 6 nitrogen and oxygen atoms in total. The van der Waals surface area contributed by atoms with Gasteiger partial charge in [-0.3, -0.25) is 9.59 Å². The molecule has 0 heterocycles. The third-order valence-electron chi connectivity index (χ3n) is 4.18. The van der Waals surface area contributed by atoms with Crippen molar-refractivity contribution >= 4 is 29.1 Å². The van der Waals surface area contributed by atoms with E-state index in [4.69, 9.17) is 21.1 Å². The summed E-state index contributed by atoms with van der Waals surface area (Å²) in [6.07, 6.45) is 0.214. The van der Waals surface area contributed by atoms with Gasteiger partial charge in [0.15, 0.2) is 6.61 Å². The van der Waals surface area contributed by atoms with Gasteiger partial charge in [-0.2, -0.15) is 0 Å². The molecule has 0 bridgehead atoms. The summed E-state index contributed by atoms with van der Waals surface area (Å²) in [4.78, 5) is 26.0. The maximum Gasteiger partial charge on any atom is 0.260 e. The zero-order valence-electron chi connectivity index (χ0n) is 16.3. The number of methoxy groups -OCH3 is 1. The number of nitrogens with zero attached hydrogens (tertiary/aromatic N) is 1. The Labute approximate surface area is 170 Å². The SMILES string of the molecule is CCN(CC)C(=O)COc1ccc(NC(=O)Cc2cccc(OC)c2)cc1Cl. The number of halogens is 1. The highest BCUT2D eigenvalue weighted by Gasteiger charge is 2.12. The summed E-state index contributed by atoms with van der Waals surface area (Å²) in [6, 6.07) is 12.3. The van der Waals surface area contributed by atoms with Crippen molar-refractivity contribution in [3.8, 4) is 11.5 Å². The molecule has 0 saturated carbocycles. The third-order valence-corrected chi connectivity index (χ3v) is 4.48. The summed E-state index contributed by atoms with van der Waals surface area (Å²) in [6.45, 7) is 5.01. The van der Waals surface area contributed by atoms with Gasteiger partial charge in [-0.05, 0) is 49.7 Å². The number of carbonyl (C=O) groups is 2. The molecular formula is C21H25ClN2O4. The van der Waals surface area contributed by atoms with E-state index in [1.54, 1.807) is 30.2 Å². The lowest BCUT2D eigenvalue weighted by atomic mass is 10.1. The van der Waals surface area contributed by atoms with Gasteiger partial charge in [-0.15, -0.1) is 0 Å². The quantitative estimate of drug-likeness (QED) is 0.690. The highest BCUT2D eigenvalue weighted by atomic mass is 35.5. The summed E-state index contributed by atoms with van der Waals surface area (Å²) in [7, 11) is 1.58. The zero-order chi connectivity index (χ0) is 20.5. The van der Waals surface area contributed by atoms with Crippen LogP contribution in [0, 0.1) is 0 Å². The molecule has 2 amide bonds. The molecule has 0 unspecified atom stereocenters. The van der Waals surface area contributed by atoms with Crippen LogP contribution in [0.2, 0.25) is 5.02 Å². The van der Waals surface area contributed by atoms with Crippen LogP contribution in [0.5, 0.6) is 11.5 Å². The Morgan fingerprint density at radius 1 is 1.11 bits per heavy atom. The number of nitrogens with one attached hydrogen (secondary N) is 1. The fourth-order valence-corrected chi connectivity index (χ4v) is 2.91. The summed E-state index contributed by atoms with van der Waals surface area (Å²) >= 11 is 6.23. The van der Waals surface area contributed by atoms with Crippen LogP contribution in [0.3, 0.4) is 0 Å². The van der Waals surface area contributed by atoms with E-state index in [0.29, 0.717) is 35.3 Å². The van der Waals surface area contributed by atoms with Crippen molar-refractivity contribution in [2.45, 2.75) is 20.3 Å². The molecule has 2 rings (SSSR count). The Kier molecular flexibility index (Phi) is 8.14. The first-order valence-corrected chi connectivity index (χ1v) is 9.47. The maximum absolute atomic E-state index is 12.3. The highest BCUT2D eigenvalue weighted by molar-refractivity contribution is 6.32. The minimum Gasteiger partial charge on any atom is -0.497 e. The van der Waals surface area contributed by atoms with Crippen LogP contribution in [0.1, 0.15) is 19.4 Å². The van der Waals surface area contributed by atoms with E-state index in [9.17, 15) is 9.59 Å². The molecule has 0 spiro atoms. The normalized spacial score (nSPS) is 10.3. The molecule has 0 saturated heterocycles. The van der Waals surface area contributed by atoms with E-state index in [1.807, 2.05) is 38.1 Å². The van der Waals surface area contributed by atoms with Crippen LogP contribution in [-0.2, 0) is 16.0 Å². The summed E-state index contributed by atoms with van der Waals surface area (Å²) < 4.78 is 10.7. The number of likely N-dealkylation sites (N-methyl/N-ethyl adjacent to an activating group) is 1. The van der Waals surface area contributed by atoms with E-state index in [1.165, 1.54) is 0 Å². The van der Waals surface area contributed by atoms with Gasteiger partial charge in [-0.25, -0.2) is 0 Å². The lowest BCUT2D eigenvalue weighted by Crippen LogP contribution is -2.34. The minimum absolute atomic E-state index is 0.0804. The second-order valence-corrected chi connectivity index (χ2v) is 6.48. The van der Waals surface area contributed by atoms with Gasteiger partial charge in [0.25, 0.3) is 5.91 Å². The molecule has 150 valence electrons. The lowest BCUT2D eigenvalue weighted by Gasteiger charge is -2.19. The first-order chi connectivity index (χ1) is 13.5. The molecule has 1 N–H and O–H groups in total. The van der Waals surface area contributed by atoms with Gasteiger partial charge < -0.3 is 19.7 Å². The second kappa shape index (κ2) is 10.6. The molecule has 7 heteroatoms. The monoisotopic (exact) mass is 404 g/mol. The van der Waals surface area contributed by atoms with Gasteiger partial charge >= 0.3 is 0 Å². The van der Waals surface area contributed by atoms with Crippen LogP contribution in [0.4, 0.5) is 5.69 Å². The molecule has 0 aliphatic rings. The van der Waals surface area contributed by atoms with E-state index in [-0.39, 0.29) is 24.8 Å². The molecule has 0 aromatic heterocycles. The fourth-order valence-electron chi connectivity index (χ4n) is 2.68. The molecule has 28 heavy (non-hydrogen) atoms. The lowest BCUT2D eigenvalue weighted by molar-refractivity contribution is -0.133. The van der Waals surface area contributed by atoms with Crippen molar-refractivity contribution in [1.29, 1.82) is 0 Å². The Morgan fingerprint density at radius 3 is 2.50 bits per heavy atom. The maximum atomic E-state index is 12.3. The van der Waals surface area contributed by atoms with Gasteiger partial charge in [0.2, 0.25) is 5.91 Å². The number of amides is 2. The topological polar surface area (TPSA) is 67.9 Å². The van der Waals surface area contributed by atoms with Crippen LogP contribution >= 0.6 is 11.6 Å². The van der Waals surface area contributed by atoms with Crippen molar-refractivity contribution < 1.29 is 19.1 Å². The van der Waals surface area contributed by atoms with E-state index < -0.39 is 0 Å². The van der Waals surface area contributed by atoms with E-state index in [2.05, 4.69) is 5.32 Å². The van der Waals surface area contributed by atoms with E-state index >= 15 is 0 Å². The van der Waals surface area contributed by atoms with Crippen LogP contribution in [-0.4, -0.2) is 43.5 Å². The first kappa shape index (κ1) is 21.6. The minimum atomic E-state index is -0.172. The van der Waals surface area contributed by atoms with Crippen LogP contribution in [0.15, 0.2) is 42.5 Å². The number of carbonyl (C=O) groups excluding carboxylic acids is 2. The number of ether oxygens (including phenoxy) is 2. The molecule has 0 aliphatic heterocycles. The molecular weight excluding hydrogens is 380 g/mol. The van der Waals surface area contributed by atoms with Gasteiger partial charge in [0.05, 0.1) is 18.6 Å². The Balaban J connectivity index is 1.94. The van der Waals surface area contributed by atoms with Crippen molar-refractivity contribution in [2.24, 2.45) is 0 Å². The summed E-state index contributed by atoms with van der Waals surface area (Å²) in [5.74, 6) is 0.827. The van der Waals surface area contributed by atoms with Gasteiger partial charge in [-0.1, -0.05) is 23.7 Å². The standard InChI is InChI=1S/C21H25ClN2O4/c1-4-24(5-2)21(26)14-28-19-10-9-16(13-18(19)22)23-20(25)12-15-7-6-8-17(11-15)27-3/h6-11,13H,4-5,12,14H2,1-3H3,(H,23,25). The molecule has 2 aromatic carbocycles. The predicted molar refractivity (Wildman–Crippen MR) is 110 cm³/mol. The molecule has 0 fully saturated rings. The summed E-state index contributed by atoms with van der Waals surface area (Å²) in [5, 5.41) is 3.13. The third kappa shape index (κ3) is 6.16. The predicted octanol–water partition coefficient (Wildman–Crippen LogP) is 3.78. The van der Waals surface area contributed by atoms with E-state index in [0.717, 1.165) is 5.56 Å². The first-order valence-electron chi connectivity index (χ1n) is 9.09. The number of rotatable bonds is 9. The van der Waals surface area contributed by atoms with Crippen LogP contribution in [0.25, 0.3) is 0 Å². The number of hydrogen-bond acceptors (Lipinski definition) is 4. The largest absolute Gasteiger partial charge is 0.497 e.